The number of rotatable bonds is 10. The fourth-order valence-electron chi connectivity index (χ4n) is 8.69. The molecular formula is C58H62O8. The second-order valence-electron chi connectivity index (χ2n) is 16.7. The average molecular weight is 887 g/mol. The summed E-state index contributed by atoms with van der Waals surface area (Å²) >= 11 is 0. The first-order valence-electron chi connectivity index (χ1n) is 22.7. The zero-order valence-electron chi connectivity index (χ0n) is 39.6. The summed E-state index contributed by atoms with van der Waals surface area (Å²) in [4.78, 5) is 32.5. The number of carbonyl (C=O) groups is 3. The van der Waals surface area contributed by atoms with Crippen LogP contribution in [0, 0.1) is 27.7 Å². The van der Waals surface area contributed by atoms with Crippen LogP contribution in [-0.4, -0.2) is 38.7 Å². The van der Waals surface area contributed by atoms with E-state index in [0.717, 1.165) is 48.3 Å². The lowest BCUT2D eigenvalue weighted by molar-refractivity contribution is -0.141. The topological polar surface area (TPSA) is 97.4 Å². The highest BCUT2D eigenvalue weighted by atomic mass is 16.5. The molecule has 2 heterocycles. The number of ether oxygens (including phenoxy) is 5. The Morgan fingerprint density at radius 3 is 1.59 bits per heavy atom. The van der Waals surface area contributed by atoms with Crippen molar-refractivity contribution in [2.45, 2.75) is 92.3 Å². The maximum Gasteiger partial charge on any atom is 0.330 e. The van der Waals surface area contributed by atoms with Crippen molar-refractivity contribution in [2.75, 3.05) is 20.8 Å². The van der Waals surface area contributed by atoms with Gasteiger partial charge in [0.25, 0.3) is 0 Å². The maximum atomic E-state index is 11.4. The smallest absolute Gasteiger partial charge is 0.330 e. The summed E-state index contributed by atoms with van der Waals surface area (Å²) < 4.78 is 26.5. The molecule has 0 radical (unpaired) electrons. The average Bonchev–Trinajstić information content (AvgIpc) is 3.32. The molecule has 0 spiro atoms. The Morgan fingerprint density at radius 2 is 1.12 bits per heavy atom. The molecule has 0 saturated heterocycles. The molecule has 342 valence electrons. The van der Waals surface area contributed by atoms with Gasteiger partial charge >= 0.3 is 17.9 Å². The van der Waals surface area contributed by atoms with E-state index in [1.165, 1.54) is 94.0 Å². The van der Waals surface area contributed by atoms with Crippen molar-refractivity contribution in [3.05, 3.63) is 183 Å². The van der Waals surface area contributed by atoms with E-state index in [4.69, 9.17) is 14.2 Å². The van der Waals surface area contributed by atoms with E-state index in [1.54, 1.807) is 13.0 Å². The largest absolute Gasteiger partial charge is 0.485 e. The van der Waals surface area contributed by atoms with Gasteiger partial charge in [-0.15, -0.1) is 0 Å². The normalized spacial score (nSPS) is 14.7. The maximum absolute atomic E-state index is 11.4. The number of fused-ring (bicyclic) bond motifs is 2. The minimum atomic E-state index is -0.354. The molecule has 2 atom stereocenters. The third kappa shape index (κ3) is 12.9. The van der Waals surface area contributed by atoms with Crippen molar-refractivity contribution in [2.24, 2.45) is 0 Å². The molecule has 6 aromatic rings. The van der Waals surface area contributed by atoms with Crippen LogP contribution in [0.25, 0.3) is 28.3 Å². The van der Waals surface area contributed by atoms with Gasteiger partial charge in [-0.05, 0) is 181 Å². The van der Waals surface area contributed by atoms with Gasteiger partial charge in [0.2, 0.25) is 0 Å². The molecule has 0 fully saturated rings. The lowest BCUT2D eigenvalue weighted by Gasteiger charge is -2.27. The third-order valence-corrected chi connectivity index (χ3v) is 12.0. The zero-order valence-corrected chi connectivity index (χ0v) is 39.6. The lowest BCUT2D eigenvalue weighted by atomic mass is 9.91. The highest BCUT2D eigenvalue weighted by Crippen LogP contribution is 2.39. The minimum absolute atomic E-state index is 0.0400. The summed E-state index contributed by atoms with van der Waals surface area (Å²) in [5.41, 5.74) is 17.2. The molecule has 2 unspecified atom stereocenters. The Bertz CT molecular complexity index is 2630. The molecule has 0 bridgehead atoms. The number of hydrogen-bond acceptors (Lipinski definition) is 8. The van der Waals surface area contributed by atoms with Crippen molar-refractivity contribution in [1.82, 2.24) is 0 Å². The number of methoxy groups -OCH3 is 2. The van der Waals surface area contributed by atoms with Gasteiger partial charge in [-0.1, -0.05) is 91.0 Å². The molecule has 8 nitrogen and oxygen atoms in total. The summed E-state index contributed by atoms with van der Waals surface area (Å²) in [5.74, 6) is 1.13. The number of aryl methyl sites for hydroxylation is 7. The number of benzene rings is 6. The standard InChI is InChI=1S/C27H28O3.C27H26O3.C4H8O2/c2*1-18-6-4-7-19(2)27(18)23-9-5-8-21(17-23)25-14-12-22-16-20(10-13-24(22)30-25)11-15-26(28)29-3;1-3-6-4(2)5/h4-10,13,16-17,25H,11-12,14-15H2,1-3H3;4-11,13,15-17,25H,12,14H2,1-3H3;3H2,1-2H3/b;15-11+;. The van der Waals surface area contributed by atoms with Crippen molar-refractivity contribution >= 4 is 24.0 Å². The van der Waals surface area contributed by atoms with E-state index in [-0.39, 0.29) is 30.1 Å². The molecule has 8 heteroatoms. The van der Waals surface area contributed by atoms with Gasteiger partial charge in [0.1, 0.15) is 23.7 Å². The molecule has 2 aliphatic rings. The van der Waals surface area contributed by atoms with Crippen molar-refractivity contribution in [1.29, 1.82) is 0 Å². The van der Waals surface area contributed by atoms with Crippen LogP contribution in [-0.2, 0) is 47.9 Å². The first-order chi connectivity index (χ1) is 31.9. The predicted octanol–water partition coefficient (Wildman–Crippen LogP) is 12.9. The Labute approximate surface area is 390 Å². The van der Waals surface area contributed by atoms with E-state index >= 15 is 0 Å². The third-order valence-electron chi connectivity index (χ3n) is 12.0. The molecule has 0 N–H and O–H groups in total. The second-order valence-corrected chi connectivity index (χ2v) is 16.7. The summed E-state index contributed by atoms with van der Waals surface area (Å²) in [6.07, 6.45) is 8.19. The van der Waals surface area contributed by atoms with Crippen LogP contribution in [0.4, 0.5) is 0 Å². The molecule has 0 amide bonds. The van der Waals surface area contributed by atoms with E-state index in [1.807, 2.05) is 18.2 Å². The summed E-state index contributed by atoms with van der Waals surface area (Å²) in [6, 6.07) is 42.6. The quantitative estimate of drug-likeness (QED) is 0.0762. The van der Waals surface area contributed by atoms with Crippen LogP contribution >= 0.6 is 0 Å². The zero-order chi connectivity index (χ0) is 47.2. The second kappa shape index (κ2) is 23.3. The molecule has 0 aliphatic carbocycles. The van der Waals surface area contributed by atoms with E-state index in [9.17, 15) is 14.4 Å². The SMILES string of the molecule is CCOC(C)=O.COC(=O)/C=C/c1ccc2c(c1)CCC(c1cccc(-c3c(C)cccc3C)c1)O2.COC(=O)CCc1ccc2c(c1)CCC(c1cccc(-c3c(C)cccc3C)c1)O2. The van der Waals surface area contributed by atoms with Gasteiger partial charge in [0, 0.05) is 19.4 Å². The molecule has 2 aliphatic heterocycles. The Balaban J connectivity index is 0.000000194. The van der Waals surface area contributed by atoms with Gasteiger partial charge < -0.3 is 23.7 Å². The van der Waals surface area contributed by atoms with E-state index in [2.05, 4.69) is 140 Å². The van der Waals surface area contributed by atoms with Crippen LogP contribution in [0.3, 0.4) is 0 Å². The van der Waals surface area contributed by atoms with Crippen molar-refractivity contribution < 1.29 is 38.1 Å². The first kappa shape index (κ1) is 48.5. The molecule has 66 heavy (non-hydrogen) atoms. The van der Waals surface area contributed by atoms with Crippen molar-refractivity contribution in [3.8, 4) is 33.8 Å². The fourth-order valence-corrected chi connectivity index (χ4v) is 8.69. The summed E-state index contributed by atoms with van der Waals surface area (Å²) in [5, 5.41) is 0. The molecule has 8 rings (SSSR count). The van der Waals surface area contributed by atoms with Crippen LogP contribution < -0.4 is 9.47 Å². The van der Waals surface area contributed by atoms with Crippen LogP contribution in [0.1, 0.15) is 101 Å². The minimum Gasteiger partial charge on any atom is -0.485 e. The molecule has 6 aromatic carbocycles. The Morgan fingerprint density at radius 1 is 0.621 bits per heavy atom. The van der Waals surface area contributed by atoms with Crippen molar-refractivity contribution in [3.63, 3.8) is 0 Å². The number of hydrogen-bond donors (Lipinski definition) is 0. The summed E-state index contributed by atoms with van der Waals surface area (Å²) in [7, 11) is 2.81. The highest BCUT2D eigenvalue weighted by Gasteiger charge is 2.24. The van der Waals surface area contributed by atoms with Crippen LogP contribution in [0.15, 0.2) is 127 Å². The van der Waals surface area contributed by atoms with Crippen LogP contribution in [0.2, 0.25) is 0 Å². The van der Waals surface area contributed by atoms with Gasteiger partial charge in [0.05, 0.1) is 20.8 Å². The highest BCUT2D eigenvalue weighted by molar-refractivity contribution is 5.87. The van der Waals surface area contributed by atoms with E-state index < -0.39 is 0 Å². The van der Waals surface area contributed by atoms with Gasteiger partial charge in [-0.3, -0.25) is 9.59 Å². The fraction of sp³-hybridized carbons (Fsp3) is 0.293. The summed E-state index contributed by atoms with van der Waals surface area (Å²) in [6.45, 7) is 12.3. The van der Waals surface area contributed by atoms with Gasteiger partial charge in [-0.2, -0.15) is 0 Å². The molecular weight excluding hydrogens is 825 g/mol. The first-order valence-corrected chi connectivity index (χ1v) is 22.7. The molecule has 0 saturated carbocycles. The van der Waals surface area contributed by atoms with Gasteiger partial charge in [-0.25, -0.2) is 4.79 Å². The van der Waals surface area contributed by atoms with Crippen LogP contribution in [0.5, 0.6) is 11.5 Å². The van der Waals surface area contributed by atoms with Gasteiger partial charge in [0.15, 0.2) is 0 Å². The molecule has 0 aromatic heterocycles. The lowest BCUT2D eigenvalue weighted by Crippen LogP contribution is -2.15. The number of esters is 3. The Hall–Kier alpha value is -6.93. The number of carbonyl (C=O) groups excluding carboxylic acids is 3. The predicted molar refractivity (Wildman–Crippen MR) is 263 cm³/mol. The monoisotopic (exact) mass is 886 g/mol. The Kier molecular flexibility index (Phi) is 17.1. The van der Waals surface area contributed by atoms with E-state index in [0.29, 0.717) is 19.4 Å².